The van der Waals surface area contributed by atoms with Gasteiger partial charge in [0, 0.05) is 13.6 Å². The van der Waals surface area contributed by atoms with Crippen LogP contribution in [0.4, 0.5) is 0 Å². The van der Waals surface area contributed by atoms with E-state index in [-0.39, 0.29) is 6.04 Å². The Bertz CT molecular complexity index is 365. The lowest BCUT2D eigenvalue weighted by Gasteiger charge is -2.18. The van der Waals surface area contributed by atoms with Gasteiger partial charge in [0.1, 0.15) is 0 Å². The lowest BCUT2D eigenvalue weighted by molar-refractivity contribution is 0.672. The van der Waals surface area contributed by atoms with Crippen LogP contribution in [0.5, 0.6) is 0 Å². The van der Waals surface area contributed by atoms with Gasteiger partial charge in [0.25, 0.3) is 0 Å². The molecule has 0 saturated heterocycles. The van der Waals surface area contributed by atoms with Crippen molar-refractivity contribution in [2.75, 3.05) is 25.6 Å². The minimum atomic E-state index is 0.263. The quantitative estimate of drug-likeness (QED) is 0.457. The molecule has 0 radical (unpaired) electrons. The van der Waals surface area contributed by atoms with E-state index in [4.69, 9.17) is 0 Å². The normalized spacial score (nSPS) is 13.1. The van der Waals surface area contributed by atoms with E-state index in [0.717, 1.165) is 12.5 Å². The molecule has 0 amide bonds. The summed E-state index contributed by atoms with van der Waals surface area (Å²) in [6.07, 6.45) is 4.58. The van der Waals surface area contributed by atoms with E-state index in [9.17, 15) is 0 Å². The number of nitrogens with zero attached hydrogens (tertiary/aromatic N) is 1. The summed E-state index contributed by atoms with van der Waals surface area (Å²) in [5, 5.41) is 6.77. The molecule has 0 aromatic heterocycles. The molecular weight excluding hydrogens is 254 g/mol. The molecule has 0 aliphatic carbocycles. The summed E-state index contributed by atoms with van der Waals surface area (Å²) in [4.78, 5) is 4.26. The molecule has 0 bridgehead atoms. The predicted octanol–water partition coefficient (Wildman–Crippen LogP) is 3.06. The summed E-state index contributed by atoms with van der Waals surface area (Å²) in [7, 11) is 1.81. The number of benzene rings is 1. The molecular formula is C15H25N3S. The summed E-state index contributed by atoms with van der Waals surface area (Å²) in [6, 6.07) is 10.7. The Morgan fingerprint density at radius 1 is 1.26 bits per heavy atom. The number of thioether (sulfide) groups is 1. The maximum atomic E-state index is 4.26. The van der Waals surface area contributed by atoms with Crippen molar-refractivity contribution in [3.63, 3.8) is 0 Å². The van der Waals surface area contributed by atoms with Crippen molar-refractivity contribution < 1.29 is 0 Å². The third kappa shape index (κ3) is 6.53. The molecule has 1 unspecified atom stereocenters. The average molecular weight is 279 g/mol. The molecule has 0 aliphatic rings. The van der Waals surface area contributed by atoms with Gasteiger partial charge in [0.05, 0.1) is 6.04 Å². The Labute approximate surface area is 121 Å². The second-order valence-corrected chi connectivity index (χ2v) is 5.46. The zero-order valence-corrected chi connectivity index (χ0v) is 13.0. The van der Waals surface area contributed by atoms with Gasteiger partial charge in [-0.25, -0.2) is 0 Å². The van der Waals surface area contributed by atoms with Gasteiger partial charge in [0.2, 0.25) is 0 Å². The van der Waals surface area contributed by atoms with Crippen molar-refractivity contribution in [2.24, 2.45) is 4.99 Å². The highest BCUT2D eigenvalue weighted by Crippen LogP contribution is 2.10. The van der Waals surface area contributed by atoms with Gasteiger partial charge in [-0.15, -0.1) is 0 Å². The lowest BCUT2D eigenvalue weighted by atomic mass is 10.1. The van der Waals surface area contributed by atoms with Gasteiger partial charge in [0.15, 0.2) is 5.96 Å². The highest BCUT2D eigenvalue weighted by molar-refractivity contribution is 7.98. The molecule has 0 aliphatic heterocycles. The number of rotatable bonds is 7. The third-order valence-corrected chi connectivity index (χ3v) is 3.64. The minimum Gasteiger partial charge on any atom is -0.356 e. The van der Waals surface area contributed by atoms with Crippen molar-refractivity contribution in [2.45, 2.75) is 25.8 Å². The van der Waals surface area contributed by atoms with E-state index in [0.29, 0.717) is 0 Å². The van der Waals surface area contributed by atoms with Crippen LogP contribution >= 0.6 is 11.8 Å². The maximum Gasteiger partial charge on any atom is 0.191 e. The van der Waals surface area contributed by atoms with Gasteiger partial charge in [-0.1, -0.05) is 30.3 Å². The molecule has 1 aromatic carbocycles. The van der Waals surface area contributed by atoms with Crippen molar-refractivity contribution in [3.05, 3.63) is 35.9 Å². The Balaban J connectivity index is 2.32. The fourth-order valence-electron chi connectivity index (χ4n) is 1.80. The molecule has 106 valence electrons. The van der Waals surface area contributed by atoms with Crippen LogP contribution in [0.3, 0.4) is 0 Å². The standard InChI is InChI=1S/C15H25N3S/c1-13(14-9-5-4-6-10-14)18-15(16-2)17-11-7-8-12-19-3/h4-6,9-10,13H,7-8,11-12H2,1-3H3,(H2,16,17,18). The second kappa shape index (κ2) is 9.73. The van der Waals surface area contributed by atoms with Crippen LogP contribution in [0.1, 0.15) is 31.4 Å². The molecule has 0 fully saturated rings. The zero-order chi connectivity index (χ0) is 13.9. The SMILES string of the molecule is CN=C(NCCCCSC)NC(C)c1ccccc1. The largest absolute Gasteiger partial charge is 0.356 e. The van der Waals surface area contributed by atoms with Crippen molar-refractivity contribution in [1.29, 1.82) is 0 Å². The van der Waals surface area contributed by atoms with Crippen LogP contribution in [0.15, 0.2) is 35.3 Å². The van der Waals surface area contributed by atoms with Gasteiger partial charge in [-0.3, -0.25) is 4.99 Å². The molecule has 0 saturated carbocycles. The summed E-state index contributed by atoms with van der Waals surface area (Å²) in [5.74, 6) is 2.11. The number of hydrogen-bond donors (Lipinski definition) is 2. The molecule has 1 rings (SSSR count). The second-order valence-electron chi connectivity index (χ2n) is 4.48. The third-order valence-electron chi connectivity index (χ3n) is 2.94. The van der Waals surface area contributed by atoms with Crippen LogP contribution in [0, 0.1) is 0 Å². The number of nitrogens with one attached hydrogen (secondary N) is 2. The number of aliphatic imine (C=N–C) groups is 1. The fourth-order valence-corrected chi connectivity index (χ4v) is 2.30. The van der Waals surface area contributed by atoms with Gasteiger partial charge < -0.3 is 10.6 Å². The monoisotopic (exact) mass is 279 g/mol. The van der Waals surface area contributed by atoms with Crippen LogP contribution < -0.4 is 10.6 Å². The maximum absolute atomic E-state index is 4.26. The van der Waals surface area contributed by atoms with E-state index in [2.05, 4.69) is 53.1 Å². The van der Waals surface area contributed by atoms with Crippen LogP contribution in [0.25, 0.3) is 0 Å². The summed E-state index contributed by atoms with van der Waals surface area (Å²) in [6.45, 7) is 3.12. The van der Waals surface area contributed by atoms with Crippen molar-refractivity contribution >= 4 is 17.7 Å². The highest BCUT2D eigenvalue weighted by atomic mass is 32.2. The number of guanidine groups is 1. The first-order valence-electron chi connectivity index (χ1n) is 6.79. The zero-order valence-electron chi connectivity index (χ0n) is 12.1. The van der Waals surface area contributed by atoms with Crippen LogP contribution in [-0.4, -0.2) is 31.6 Å². The first kappa shape index (κ1) is 15.9. The molecule has 3 nitrogen and oxygen atoms in total. The van der Waals surface area contributed by atoms with Gasteiger partial charge in [-0.2, -0.15) is 11.8 Å². The summed E-state index contributed by atoms with van der Waals surface area (Å²) in [5.41, 5.74) is 1.27. The number of unbranched alkanes of at least 4 members (excludes halogenated alkanes) is 1. The van der Waals surface area contributed by atoms with E-state index < -0.39 is 0 Å². The van der Waals surface area contributed by atoms with Crippen LogP contribution in [0.2, 0.25) is 0 Å². The Hall–Kier alpha value is -1.16. The smallest absolute Gasteiger partial charge is 0.191 e. The predicted molar refractivity (Wildman–Crippen MR) is 87.0 cm³/mol. The Morgan fingerprint density at radius 2 is 2.00 bits per heavy atom. The highest BCUT2D eigenvalue weighted by Gasteiger charge is 2.06. The van der Waals surface area contributed by atoms with E-state index in [1.54, 1.807) is 0 Å². The molecule has 2 N–H and O–H groups in total. The molecule has 4 heteroatoms. The lowest BCUT2D eigenvalue weighted by Crippen LogP contribution is -2.39. The first-order chi connectivity index (χ1) is 9.27. The summed E-state index contributed by atoms with van der Waals surface area (Å²) < 4.78 is 0. The van der Waals surface area contributed by atoms with Gasteiger partial charge >= 0.3 is 0 Å². The molecule has 1 aromatic rings. The Morgan fingerprint density at radius 3 is 2.63 bits per heavy atom. The van der Waals surface area contributed by atoms with E-state index in [1.807, 2.05) is 24.9 Å². The Kier molecular flexibility index (Phi) is 8.14. The van der Waals surface area contributed by atoms with Crippen LogP contribution in [-0.2, 0) is 0 Å². The molecule has 0 heterocycles. The molecule has 19 heavy (non-hydrogen) atoms. The summed E-state index contributed by atoms with van der Waals surface area (Å²) >= 11 is 1.90. The van der Waals surface area contributed by atoms with Crippen molar-refractivity contribution in [1.82, 2.24) is 10.6 Å². The van der Waals surface area contributed by atoms with Crippen molar-refractivity contribution in [3.8, 4) is 0 Å². The number of hydrogen-bond acceptors (Lipinski definition) is 2. The fraction of sp³-hybridized carbons (Fsp3) is 0.533. The first-order valence-corrected chi connectivity index (χ1v) is 8.18. The van der Waals surface area contributed by atoms with E-state index in [1.165, 1.54) is 24.2 Å². The molecule has 0 spiro atoms. The molecule has 1 atom stereocenters. The van der Waals surface area contributed by atoms with Gasteiger partial charge in [-0.05, 0) is 37.3 Å². The van der Waals surface area contributed by atoms with E-state index >= 15 is 0 Å². The minimum absolute atomic E-state index is 0.263. The average Bonchev–Trinajstić information content (AvgIpc) is 2.46. The topological polar surface area (TPSA) is 36.4 Å².